The molecule has 0 aliphatic carbocycles. The fraction of sp³-hybridized carbons (Fsp3) is 0.400. The van der Waals surface area contributed by atoms with Crippen LogP contribution in [0.25, 0.3) is 0 Å². The molecular formula is C10H12IN3O2. The zero-order chi connectivity index (χ0) is 11.4. The smallest absolute Gasteiger partial charge is 0.323 e. The van der Waals surface area contributed by atoms with Crippen LogP contribution in [0.2, 0.25) is 0 Å². The Bertz CT molecular complexity index is 363. The predicted octanol–water partition coefficient (Wildman–Crippen LogP) is 1.55. The summed E-state index contributed by atoms with van der Waals surface area (Å²) in [6, 6.07) is 3.58. The van der Waals surface area contributed by atoms with E-state index in [9.17, 15) is 4.79 Å². The Morgan fingerprint density at radius 3 is 2.81 bits per heavy atom. The lowest BCUT2D eigenvalue weighted by Gasteiger charge is -2.26. The van der Waals surface area contributed by atoms with Crippen LogP contribution in [-0.2, 0) is 4.74 Å². The van der Waals surface area contributed by atoms with Gasteiger partial charge in [0, 0.05) is 22.9 Å². The maximum absolute atomic E-state index is 11.8. The molecule has 16 heavy (non-hydrogen) atoms. The number of rotatable bonds is 1. The van der Waals surface area contributed by atoms with Crippen LogP contribution >= 0.6 is 22.6 Å². The van der Waals surface area contributed by atoms with Crippen LogP contribution in [0.15, 0.2) is 18.3 Å². The first kappa shape index (κ1) is 11.6. The molecule has 0 atom stereocenters. The topological polar surface area (TPSA) is 54.5 Å². The molecule has 0 bridgehead atoms. The zero-order valence-corrected chi connectivity index (χ0v) is 10.8. The molecule has 1 aliphatic rings. The van der Waals surface area contributed by atoms with Gasteiger partial charge in [-0.2, -0.15) is 0 Å². The number of ether oxygens (including phenoxy) is 1. The number of anilines is 1. The lowest BCUT2D eigenvalue weighted by Crippen LogP contribution is -2.43. The van der Waals surface area contributed by atoms with E-state index < -0.39 is 0 Å². The molecule has 1 saturated heterocycles. The van der Waals surface area contributed by atoms with Gasteiger partial charge in [0.05, 0.1) is 13.2 Å². The third-order valence-electron chi connectivity index (χ3n) is 2.26. The van der Waals surface area contributed by atoms with Crippen LogP contribution in [0.5, 0.6) is 0 Å². The van der Waals surface area contributed by atoms with E-state index >= 15 is 0 Å². The second-order valence-corrected chi connectivity index (χ2v) is 4.64. The van der Waals surface area contributed by atoms with Crippen molar-refractivity contribution in [2.24, 2.45) is 0 Å². The summed E-state index contributed by atoms with van der Waals surface area (Å²) in [5.41, 5.74) is 0. The summed E-state index contributed by atoms with van der Waals surface area (Å²) in [5.74, 6) is 0.580. The maximum Gasteiger partial charge on any atom is 0.323 e. The van der Waals surface area contributed by atoms with E-state index in [-0.39, 0.29) is 6.03 Å². The minimum Gasteiger partial charge on any atom is -0.378 e. The van der Waals surface area contributed by atoms with Gasteiger partial charge >= 0.3 is 6.03 Å². The number of amides is 2. The first-order valence-corrected chi connectivity index (χ1v) is 6.09. The van der Waals surface area contributed by atoms with Crippen molar-refractivity contribution in [3.8, 4) is 0 Å². The van der Waals surface area contributed by atoms with Crippen molar-refractivity contribution in [1.29, 1.82) is 0 Å². The van der Waals surface area contributed by atoms with Gasteiger partial charge in [0.1, 0.15) is 5.82 Å². The molecule has 6 heteroatoms. The number of hydrogen-bond donors (Lipinski definition) is 1. The molecule has 0 unspecified atom stereocenters. The molecule has 2 rings (SSSR count). The number of carbonyl (C=O) groups excluding carboxylic acids is 1. The SMILES string of the molecule is O=C(Nc1ccc(I)cn1)N1CCOCC1. The third-order valence-corrected chi connectivity index (χ3v) is 2.90. The van der Waals surface area contributed by atoms with Gasteiger partial charge in [-0.25, -0.2) is 9.78 Å². The van der Waals surface area contributed by atoms with Crippen molar-refractivity contribution in [3.63, 3.8) is 0 Å². The number of hydrogen-bond acceptors (Lipinski definition) is 3. The Kier molecular flexibility index (Phi) is 3.94. The van der Waals surface area contributed by atoms with Gasteiger partial charge in [-0.3, -0.25) is 5.32 Å². The van der Waals surface area contributed by atoms with Crippen molar-refractivity contribution >= 4 is 34.4 Å². The predicted molar refractivity (Wildman–Crippen MR) is 68.4 cm³/mol. The van der Waals surface area contributed by atoms with Gasteiger partial charge in [-0.05, 0) is 34.7 Å². The number of nitrogens with zero attached hydrogens (tertiary/aromatic N) is 2. The number of halogens is 1. The van der Waals surface area contributed by atoms with Crippen LogP contribution in [0.1, 0.15) is 0 Å². The standard InChI is InChI=1S/C10H12IN3O2/c11-8-1-2-9(12-7-8)13-10(15)14-3-5-16-6-4-14/h1-2,7H,3-6H2,(H,12,13,15). The Morgan fingerprint density at radius 2 is 2.19 bits per heavy atom. The lowest BCUT2D eigenvalue weighted by atomic mass is 10.4. The van der Waals surface area contributed by atoms with Gasteiger partial charge in [-0.1, -0.05) is 0 Å². The summed E-state index contributed by atoms with van der Waals surface area (Å²) in [5, 5.41) is 2.76. The van der Waals surface area contributed by atoms with E-state index in [1.54, 1.807) is 17.2 Å². The molecular weight excluding hydrogens is 321 g/mol. The highest BCUT2D eigenvalue weighted by Gasteiger charge is 2.16. The summed E-state index contributed by atoms with van der Waals surface area (Å²) in [6.45, 7) is 2.48. The molecule has 1 aromatic heterocycles. The minimum atomic E-state index is -0.114. The first-order chi connectivity index (χ1) is 7.75. The molecule has 1 aliphatic heterocycles. The Hall–Kier alpha value is -0.890. The molecule has 0 radical (unpaired) electrons. The van der Waals surface area contributed by atoms with Gasteiger partial charge in [0.15, 0.2) is 0 Å². The third kappa shape index (κ3) is 3.05. The largest absolute Gasteiger partial charge is 0.378 e. The lowest BCUT2D eigenvalue weighted by molar-refractivity contribution is 0.0564. The first-order valence-electron chi connectivity index (χ1n) is 5.01. The van der Waals surface area contributed by atoms with Crippen LogP contribution in [0.4, 0.5) is 10.6 Å². The number of nitrogens with one attached hydrogen (secondary N) is 1. The van der Waals surface area contributed by atoms with Crippen molar-refractivity contribution in [3.05, 3.63) is 21.9 Å². The van der Waals surface area contributed by atoms with Gasteiger partial charge in [-0.15, -0.1) is 0 Å². The van der Waals surface area contributed by atoms with Crippen molar-refractivity contribution in [2.75, 3.05) is 31.6 Å². The van der Waals surface area contributed by atoms with E-state index in [0.717, 1.165) is 3.57 Å². The van der Waals surface area contributed by atoms with Gasteiger partial charge in [0.25, 0.3) is 0 Å². The highest BCUT2D eigenvalue weighted by atomic mass is 127. The molecule has 2 amide bonds. The van der Waals surface area contributed by atoms with Crippen LogP contribution in [0.3, 0.4) is 0 Å². The molecule has 5 nitrogen and oxygen atoms in total. The molecule has 0 spiro atoms. The van der Waals surface area contributed by atoms with Crippen LogP contribution in [0, 0.1) is 3.57 Å². The summed E-state index contributed by atoms with van der Waals surface area (Å²) >= 11 is 2.17. The van der Waals surface area contributed by atoms with E-state index in [0.29, 0.717) is 32.1 Å². The molecule has 86 valence electrons. The molecule has 2 heterocycles. The molecule has 1 aromatic rings. The summed E-state index contributed by atoms with van der Waals surface area (Å²) in [6.07, 6.45) is 1.72. The number of aromatic nitrogens is 1. The van der Waals surface area contributed by atoms with E-state index in [2.05, 4.69) is 32.9 Å². The number of morpholine rings is 1. The molecule has 1 N–H and O–H groups in total. The quantitative estimate of drug-likeness (QED) is 0.794. The zero-order valence-electron chi connectivity index (χ0n) is 8.65. The molecule has 1 fully saturated rings. The maximum atomic E-state index is 11.8. The average Bonchev–Trinajstić information content (AvgIpc) is 2.33. The highest BCUT2D eigenvalue weighted by molar-refractivity contribution is 14.1. The van der Waals surface area contributed by atoms with Crippen LogP contribution < -0.4 is 5.32 Å². The Balaban J connectivity index is 1.93. The normalized spacial score (nSPS) is 15.9. The fourth-order valence-electron chi connectivity index (χ4n) is 1.40. The second kappa shape index (κ2) is 5.44. The second-order valence-electron chi connectivity index (χ2n) is 3.39. The Morgan fingerprint density at radius 1 is 1.44 bits per heavy atom. The summed E-state index contributed by atoms with van der Waals surface area (Å²) < 4.78 is 6.22. The van der Waals surface area contributed by atoms with Crippen LogP contribution in [-0.4, -0.2) is 42.2 Å². The monoisotopic (exact) mass is 333 g/mol. The minimum absolute atomic E-state index is 0.114. The molecule has 0 aromatic carbocycles. The highest BCUT2D eigenvalue weighted by Crippen LogP contribution is 2.08. The average molecular weight is 333 g/mol. The van der Waals surface area contributed by atoms with E-state index in [1.807, 2.05) is 6.07 Å². The fourth-order valence-corrected chi connectivity index (χ4v) is 1.72. The summed E-state index contributed by atoms with van der Waals surface area (Å²) in [4.78, 5) is 17.6. The number of pyridine rings is 1. The van der Waals surface area contributed by atoms with Gasteiger partial charge in [0.2, 0.25) is 0 Å². The Labute approximate surface area is 107 Å². The van der Waals surface area contributed by atoms with E-state index in [1.165, 1.54) is 0 Å². The summed E-state index contributed by atoms with van der Waals surface area (Å²) in [7, 11) is 0. The number of urea groups is 1. The number of carbonyl (C=O) groups is 1. The van der Waals surface area contributed by atoms with Crippen molar-refractivity contribution < 1.29 is 9.53 Å². The van der Waals surface area contributed by atoms with Crippen molar-refractivity contribution in [2.45, 2.75) is 0 Å². The van der Waals surface area contributed by atoms with E-state index in [4.69, 9.17) is 4.74 Å². The van der Waals surface area contributed by atoms with Gasteiger partial charge < -0.3 is 9.64 Å². The van der Waals surface area contributed by atoms with Crippen molar-refractivity contribution in [1.82, 2.24) is 9.88 Å². The molecule has 0 saturated carbocycles.